The summed E-state index contributed by atoms with van der Waals surface area (Å²) in [5, 5.41) is 5.85. The van der Waals surface area contributed by atoms with Crippen LogP contribution in [0, 0.1) is 5.92 Å². The molecule has 0 unspecified atom stereocenters. The maximum atomic E-state index is 12.3. The van der Waals surface area contributed by atoms with Crippen molar-refractivity contribution in [3.8, 4) is 0 Å². The molecule has 1 fully saturated rings. The molecule has 1 aliphatic heterocycles. The summed E-state index contributed by atoms with van der Waals surface area (Å²) in [5.74, 6) is 0.510. The third-order valence-electron chi connectivity index (χ3n) is 5.79. The van der Waals surface area contributed by atoms with Crippen LogP contribution in [0.15, 0.2) is 16.9 Å². The third-order valence-corrected chi connectivity index (χ3v) is 7.00. The van der Waals surface area contributed by atoms with Crippen molar-refractivity contribution in [1.29, 1.82) is 0 Å². The Morgan fingerprint density at radius 2 is 1.89 bits per heavy atom. The first-order chi connectivity index (χ1) is 12.9. The van der Waals surface area contributed by atoms with E-state index in [0.29, 0.717) is 5.92 Å². The van der Waals surface area contributed by atoms with Crippen LogP contribution in [0.3, 0.4) is 0 Å². The highest BCUT2D eigenvalue weighted by Crippen LogP contribution is 2.33. The number of nitrogens with zero attached hydrogens (tertiary/aromatic N) is 4. The van der Waals surface area contributed by atoms with E-state index in [9.17, 15) is 4.79 Å². The number of anilines is 1. The maximum absolute atomic E-state index is 12.3. The van der Waals surface area contributed by atoms with Gasteiger partial charge in [0.05, 0.1) is 11.4 Å². The van der Waals surface area contributed by atoms with E-state index in [0.717, 1.165) is 44.6 Å². The van der Waals surface area contributed by atoms with Crippen molar-refractivity contribution >= 4 is 16.5 Å². The highest BCUT2D eigenvalue weighted by molar-refractivity contribution is 7.15. The molecule has 5 nitrogen and oxygen atoms in total. The fourth-order valence-electron chi connectivity index (χ4n) is 4.00. The molecule has 0 saturated carbocycles. The standard InChI is InChI=1S/C21H30N4OS/c1-21(2,3)18-8-9-19(26)25(23-18)14-15-10-12-24(13-11-15)20-22-16-6-4-5-7-17(16)27-20/h8-9,15H,4-7,10-14H2,1-3H3. The molecule has 6 heteroatoms. The second-order valence-corrected chi connectivity index (χ2v) is 10.1. The van der Waals surface area contributed by atoms with Crippen LogP contribution in [-0.2, 0) is 24.8 Å². The average molecular weight is 387 g/mol. The van der Waals surface area contributed by atoms with Gasteiger partial charge in [-0.3, -0.25) is 4.79 Å². The molecular weight excluding hydrogens is 356 g/mol. The van der Waals surface area contributed by atoms with Crippen molar-refractivity contribution in [3.63, 3.8) is 0 Å². The van der Waals surface area contributed by atoms with Gasteiger partial charge >= 0.3 is 0 Å². The first-order valence-electron chi connectivity index (χ1n) is 10.2. The lowest BCUT2D eigenvalue weighted by Gasteiger charge is -2.32. The van der Waals surface area contributed by atoms with Gasteiger partial charge in [0.2, 0.25) is 0 Å². The average Bonchev–Trinajstić information content (AvgIpc) is 3.07. The molecule has 0 amide bonds. The van der Waals surface area contributed by atoms with E-state index in [2.05, 4.69) is 30.8 Å². The normalized spacial score (nSPS) is 18.6. The molecule has 0 N–H and O–H groups in total. The van der Waals surface area contributed by atoms with Crippen molar-refractivity contribution in [1.82, 2.24) is 14.8 Å². The Hall–Kier alpha value is -1.69. The van der Waals surface area contributed by atoms with Crippen molar-refractivity contribution in [2.75, 3.05) is 18.0 Å². The Morgan fingerprint density at radius 1 is 1.15 bits per heavy atom. The molecule has 3 heterocycles. The lowest BCUT2D eigenvalue weighted by molar-refractivity contribution is 0.330. The molecule has 2 aromatic rings. The summed E-state index contributed by atoms with van der Waals surface area (Å²) >= 11 is 1.90. The van der Waals surface area contributed by atoms with E-state index in [1.807, 2.05) is 17.4 Å². The van der Waals surface area contributed by atoms with Gasteiger partial charge < -0.3 is 4.90 Å². The van der Waals surface area contributed by atoms with Gasteiger partial charge in [0.1, 0.15) is 0 Å². The Kier molecular flexibility index (Phi) is 5.10. The molecule has 1 aliphatic carbocycles. The molecule has 0 atom stereocenters. The van der Waals surface area contributed by atoms with Crippen LogP contribution in [0.2, 0.25) is 0 Å². The summed E-state index contributed by atoms with van der Waals surface area (Å²) in [7, 11) is 0. The van der Waals surface area contributed by atoms with Crippen molar-refractivity contribution in [2.45, 2.75) is 71.3 Å². The highest BCUT2D eigenvalue weighted by atomic mass is 32.1. The van der Waals surface area contributed by atoms with E-state index in [4.69, 9.17) is 4.98 Å². The molecule has 2 aromatic heterocycles. The number of rotatable bonds is 3. The van der Waals surface area contributed by atoms with E-state index < -0.39 is 0 Å². The van der Waals surface area contributed by atoms with Crippen LogP contribution < -0.4 is 10.5 Å². The maximum Gasteiger partial charge on any atom is 0.266 e. The Balaban J connectivity index is 1.40. The molecule has 4 rings (SSSR count). The molecule has 1 saturated heterocycles. The number of aryl methyl sites for hydroxylation is 2. The van der Waals surface area contributed by atoms with Gasteiger partial charge in [0.25, 0.3) is 5.56 Å². The van der Waals surface area contributed by atoms with Crippen molar-refractivity contribution in [3.05, 3.63) is 38.8 Å². The van der Waals surface area contributed by atoms with Crippen LogP contribution in [0.1, 0.15) is 62.7 Å². The first kappa shape index (κ1) is 18.7. The molecule has 0 aromatic carbocycles. The van der Waals surface area contributed by atoms with Gasteiger partial charge in [-0.2, -0.15) is 5.10 Å². The van der Waals surface area contributed by atoms with Crippen molar-refractivity contribution < 1.29 is 0 Å². The number of hydrogen-bond acceptors (Lipinski definition) is 5. The monoisotopic (exact) mass is 386 g/mol. The van der Waals surface area contributed by atoms with Crippen LogP contribution >= 0.6 is 11.3 Å². The summed E-state index contributed by atoms with van der Waals surface area (Å²) in [6.07, 6.45) is 7.15. The molecular formula is C21H30N4OS. The summed E-state index contributed by atoms with van der Waals surface area (Å²) in [6, 6.07) is 3.54. The minimum atomic E-state index is -0.0389. The Morgan fingerprint density at radius 3 is 2.59 bits per heavy atom. The predicted molar refractivity (Wildman–Crippen MR) is 111 cm³/mol. The molecule has 0 spiro atoms. The van der Waals surface area contributed by atoms with Gasteiger partial charge in [0.15, 0.2) is 5.13 Å². The molecule has 0 radical (unpaired) electrons. The number of piperidine rings is 1. The van der Waals surface area contributed by atoms with Crippen LogP contribution in [0.25, 0.3) is 0 Å². The predicted octanol–water partition coefficient (Wildman–Crippen LogP) is 3.79. The van der Waals surface area contributed by atoms with Crippen LogP contribution in [0.4, 0.5) is 5.13 Å². The van der Waals surface area contributed by atoms with Crippen molar-refractivity contribution in [2.24, 2.45) is 5.92 Å². The largest absolute Gasteiger partial charge is 0.348 e. The van der Waals surface area contributed by atoms with Crippen LogP contribution in [-0.4, -0.2) is 27.9 Å². The lowest BCUT2D eigenvalue weighted by atomic mass is 9.92. The molecule has 27 heavy (non-hydrogen) atoms. The minimum absolute atomic E-state index is 0.0121. The fourth-order valence-corrected chi connectivity index (χ4v) is 5.20. The first-order valence-corrected chi connectivity index (χ1v) is 11.0. The zero-order valence-corrected chi connectivity index (χ0v) is 17.5. The zero-order valence-electron chi connectivity index (χ0n) is 16.7. The second-order valence-electron chi connectivity index (χ2n) is 8.99. The highest BCUT2D eigenvalue weighted by Gasteiger charge is 2.25. The topological polar surface area (TPSA) is 51.0 Å². The SMILES string of the molecule is CC(C)(C)c1ccc(=O)n(CC2CCN(c3nc4c(s3)CCCC4)CC2)n1. The lowest BCUT2D eigenvalue weighted by Crippen LogP contribution is -2.37. The second kappa shape index (κ2) is 7.38. The molecule has 2 aliphatic rings. The van der Waals surface area contributed by atoms with Gasteiger partial charge in [-0.1, -0.05) is 20.8 Å². The zero-order chi connectivity index (χ0) is 19.0. The molecule has 0 bridgehead atoms. The quantitative estimate of drug-likeness (QED) is 0.805. The number of fused-ring (bicyclic) bond motifs is 1. The Bertz CT molecular complexity index is 832. The van der Waals surface area contributed by atoms with E-state index in [1.165, 1.54) is 35.0 Å². The third kappa shape index (κ3) is 4.10. The van der Waals surface area contributed by atoms with E-state index in [-0.39, 0.29) is 11.0 Å². The fraction of sp³-hybridized carbons (Fsp3) is 0.667. The van der Waals surface area contributed by atoms with E-state index in [1.54, 1.807) is 10.7 Å². The smallest absolute Gasteiger partial charge is 0.266 e. The minimum Gasteiger partial charge on any atom is -0.348 e. The molecule has 146 valence electrons. The van der Waals surface area contributed by atoms with E-state index >= 15 is 0 Å². The van der Waals surface area contributed by atoms with Gasteiger partial charge in [0, 0.05) is 36.0 Å². The summed E-state index contributed by atoms with van der Waals surface area (Å²) < 4.78 is 1.68. The summed E-state index contributed by atoms with van der Waals surface area (Å²) in [5.41, 5.74) is 2.30. The summed E-state index contributed by atoms with van der Waals surface area (Å²) in [6.45, 7) is 9.20. The van der Waals surface area contributed by atoms with Gasteiger partial charge in [-0.25, -0.2) is 9.67 Å². The Labute approximate surface area is 165 Å². The van der Waals surface area contributed by atoms with Crippen LogP contribution in [0.5, 0.6) is 0 Å². The number of thiazole rings is 1. The summed E-state index contributed by atoms with van der Waals surface area (Å²) in [4.78, 5) is 21.1. The van der Waals surface area contributed by atoms with Gasteiger partial charge in [-0.05, 0) is 50.5 Å². The van der Waals surface area contributed by atoms with Gasteiger partial charge in [-0.15, -0.1) is 11.3 Å². The number of hydrogen-bond donors (Lipinski definition) is 0. The number of aromatic nitrogens is 3.